The minimum absolute atomic E-state index is 0. The number of anilines is 1. The summed E-state index contributed by atoms with van der Waals surface area (Å²) in [5, 5.41) is 3.84. The van der Waals surface area contributed by atoms with Crippen molar-refractivity contribution in [1.82, 2.24) is 0 Å². The zero-order valence-electron chi connectivity index (χ0n) is 16.0. The molecule has 142 valence electrons. The number of carbonyl (C=O) groups is 1. The van der Waals surface area contributed by atoms with Crippen LogP contribution in [0.5, 0.6) is 0 Å². The lowest BCUT2D eigenvalue weighted by molar-refractivity contribution is -0.111. The fraction of sp³-hybridized carbons (Fsp3) is 0.261. The Balaban J connectivity index is 0.00000280. The molecule has 4 heteroatoms. The number of benzene rings is 1. The number of nitrogens with one attached hydrogen (secondary N) is 1. The first-order chi connectivity index (χ1) is 12.9. The smallest absolute Gasteiger partial charge is 0.256 e. The maximum absolute atomic E-state index is 12.5. The van der Waals surface area contributed by atoms with Gasteiger partial charge in [0.05, 0.1) is 9.21 Å². The zero-order valence-corrected chi connectivity index (χ0v) is 17.7. The molecule has 0 spiro atoms. The molecule has 27 heavy (non-hydrogen) atoms. The third-order valence-corrected chi connectivity index (χ3v) is 7.00. The van der Waals surface area contributed by atoms with Gasteiger partial charge in [-0.25, -0.2) is 0 Å². The third-order valence-electron chi connectivity index (χ3n) is 4.67. The summed E-state index contributed by atoms with van der Waals surface area (Å²) in [6, 6.07) is 11.9. The molecule has 0 aliphatic heterocycles. The maximum atomic E-state index is 12.5. The molecular formula is C23H27NOS2. The second kappa shape index (κ2) is 8.77. The van der Waals surface area contributed by atoms with E-state index in [1.54, 1.807) is 11.3 Å². The lowest BCUT2D eigenvalue weighted by atomic mass is 10.0. The van der Waals surface area contributed by atoms with E-state index in [1.807, 2.05) is 49.0 Å². The van der Waals surface area contributed by atoms with Crippen LogP contribution in [0.1, 0.15) is 32.8 Å². The SMILES string of the molecule is C=C(C(=O)Nc1ccc(SCC2=CC=C(C(C)C)C2)s1)c1ccccc1C.[HH]. The minimum Gasteiger partial charge on any atom is -0.314 e. The molecule has 0 saturated carbocycles. The number of amides is 1. The van der Waals surface area contributed by atoms with E-state index in [0.29, 0.717) is 11.5 Å². The second-order valence-electron chi connectivity index (χ2n) is 7.05. The molecule has 0 fully saturated rings. The Morgan fingerprint density at radius 3 is 2.74 bits per heavy atom. The van der Waals surface area contributed by atoms with Crippen molar-refractivity contribution in [2.24, 2.45) is 5.92 Å². The van der Waals surface area contributed by atoms with Gasteiger partial charge >= 0.3 is 0 Å². The quantitative estimate of drug-likeness (QED) is 0.404. The summed E-state index contributed by atoms with van der Waals surface area (Å²) in [7, 11) is 0. The molecule has 1 aromatic carbocycles. The number of carbonyl (C=O) groups excluding carboxylic acids is 1. The van der Waals surface area contributed by atoms with Crippen LogP contribution in [-0.2, 0) is 4.79 Å². The standard InChI is InChI=1S/C23H25NOS2.H2/c1-15(2)19-10-9-18(13-19)14-26-22-12-11-21(27-22)24-23(25)17(4)20-8-6-5-7-16(20)3;/h5-12,15H,4,13-14H2,1-3H3,(H,24,25);1H. The molecule has 1 N–H and O–H groups in total. The molecule has 0 radical (unpaired) electrons. The molecule has 1 aliphatic carbocycles. The van der Waals surface area contributed by atoms with Crippen molar-refractivity contribution >= 4 is 39.6 Å². The third kappa shape index (κ3) is 5.02. The van der Waals surface area contributed by atoms with Crippen LogP contribution in [0.3, 0.4) is 0 Å². The first-order valence-electron chi connectivity index (χ1n) is 9.11. The summed E-state index contributed by atoms with van der Waals surface area (Å²) in [5.74, 6) is 1.47. The van der Waals surface area contributed by atoms with Gasteiger partial charge in [0.25, 0.3) is 5.91 Å². The molecule has 2 nitrogen and oxygen atoms in total. The molecule has 1 amide bonds. The number of hydrogen-bond donors (Lipinski definition) is 1. The average Bonchev–Trinajstić information content (AvgIpc) is 3.29. The zero-order chi connectivity index (χ0) is 19.4. The van der Waals surface area contributed by atoms with Crippen molar-refractivity contribution in [2.45, 2.75) is 31.4 Å². The summed E-state index contributed by atoms with van der Waals surface area (Å²) >= 11 is 3.44. The van der Waals surface area contributed by atoms with E-state index in [0.717, 1.165) is 28.3 Å². The fourth-order valence-electron chi connectivity index (χ4n) is 2.95. The molecule has 2 aromatic rings. The normalized spacial score (nSPS) is 13.5. The van der Waals surface area contributed by atoms with Crippen LogP contribution in [0.2, 0.25) is 0 Å². The number of thiophene rings is 1. The maximum Gasteiger partial charge on any atom is 0.256 e. The molecule has 1 aliphatic rings. The van der Waals surface area contributed by atoms with E-state index in [2.05, 4.69) is 44.0 Å². The highest BCUT2D eigenvalue weighted by atomic mass is 32.2. The Kier molecular flexibility index (Phi) is 6.40. The predicted octanol–water partition coefficient (Wildman–Crippen LogP) is 6.96. The molecular weight excluding hydrogens is 370 g/mol. The van der Waals surface area contributed by atoms with Crippen LogP contribution in [0.4, 0.5) is 5.00 Å². The van der Waals surface area contributed by atoms with E-state index >= 15 is 0 Å². The Labute approximate surface area is 171 Å². The summed E-state index contributed by atoms with van der Waals surface area (Å²) in [5.41, 5.74) is 5.43. The lowest BCUT2D eigenvalue weighted by Crippen LogP contribution is -2.12. The largest absolute Gasteiger partial charge is 0.314 e. The molecule has 0 saturated heterocycles. The van der Waals surface area contributed by atoms with Crippen molar-refractivity contribution in [3.8, 4) is 0 Å². The second-order valence-corrected chi connectivity index (χ2v) is 9.41. The van der Waals surface area contributed by atoms with Crippen molar-refractivity contribution in [3.63, 3.8) is 0 Å². The van der Waals surface area contributed by atoms with Gasteiger partial charge in [0.1, 0.15) is 0 Å². The Morgan fingerprint density at radius 2 is 2.04 bits per heavy atom. The van der Waals surface area contributed by atoms with Gasteiger partial charge in [-0.3, -0.25) is 4.79 Å². The molecule has 0 bridgehead atoms. The van der Waals surface area contributed by atoms with Crippen LogP contribution in [0.25, 0.3) is 5.57 Å². The number of allylic oxidation sites excluding steroid dienone is 3. The fourth-order valence-corrected chi connectivity index (χ4v) is 4.96. The highest BCUT2D eigenvalue weighted by molar-refractivity contribution is 8.01. The average molecular weight is 398 g/mol. The van der Waals surface area contributed by atoms with E-state index < -0.39 is 0 Å². The first kappa shape index (κ1) is 19.7. The van der Waals surface area contributed by atoms with E-state index in [1.165, 1.54) is 15.4 Å². The Hall–Kier alpha value is -2.04. The number of aryl methyl sites for hydroxylation is 1. The minimum atomic E-state index is -0.146. The molecule has 1 aromatic heterocycles. The highest BCUT2D eigenvalue weighted by Gasteiger charge is 2.14. The predicted molar refractivity (Wildman–Crippen MR) is 122 cm³/mol. The summed E-state index contributed by atoms with van der Waals surface area (Å²) < 4.78 is 1.21. The Bertz CT molecular complexity index is 924. The van der Waals surface area contributed by atoms with Gasteiger partial charge in [0.15, 0.2) is 0 Å². The van der Waals surface area contributed by atoms with Crippen LogP contribution in [0.15, 0.2) is 70.5 Å². The summed E-state index contributed by atoms with van der Waals surface area (Å²) in [6.45, 7) is 10.5. The van der Waals surface area contributed by atoms with Crippen LogP contribution < -0.4 is 5.32 Å². The summed E-state index contributed by atoms with van der Waals surface area (Å²) in [6.07, 6.45) is 5.61. The number of thioether (sulfide) groups is 1. The van der Waals surface area contributed by atoms with E-state index in [4.69, 9.17) is 0 Å². The van der Waals surface area contributed by atoms with Gasteiger partial charge < -0.3 is 5.32 Å². The van der Waals surface area contributed by atoms with E-state index in [-0.39, 0.29) is 7.33 Å². The van der Waals surface area contributed by atoms with Crippen molar-refractivity contribution in [2.75, 3.05) is 11.1 Å². The highest BCUT2D eigenvalue weighted by Crippen LogP contribution is 2.35. The molecule has 0 atom stereocenters. The van der Waals surface area contributed by atoms with Gasteiger partial charge in [0, 0.05) is 12.8 Å². The van der Waals surface area contributed by atoms with Gasteiger partial charge in [-0.05, 0) is 42.5 Å². The summed E-state index contributed by atoms with van der Waals surface area (Å²) in [4.78, 5) is 12.5. The van der Waals surface area contributed by atoms with Crippen molar-refractivity contribution < 1.29 is 6.22 Å². The van der Waals surface area contributed by atoms with Gasteiger partial charge in [0.2, 0.25) is 0 Å². The number of hydrogen-bond acceptors (Lipinski definition) is 3. The monoisotopic (exact) mass is 397 g/mol. The van der Waals surface area contributed by atoms with Crippen LogP contribution >= 0.6 is 23.1 Å². The topological polar surface area (TPSA) is 29.1 Å². The van der Waals surface area contributed by atoms with Gasteiger partial charge in [-0.2, -0.15) is 0 Å². The first-order valence-corrected chi connectivity index (χ1v) is 10.9. The van der Waals surface area contributed by atoms with Gasteiger partial charge in [-0.15, -0.1) is 23.1 Å². The Morgan fingerprint density at radius 1 is 1.26 bits per heavy atom. The number of rotatable bonds is 7. The molecule has 0 unspecified atom stereocenters. The van der Waals surface area contributed by atoms with Crippen molar-refractivity contribution in [3.05, 3.63) is 77.4 Å². The lowest BCUT2D eigenvalue weighted by Gasteiger charge is -2.09. The molecule has 3 rings (SSSR count). The van der Waals surface area contributed by atoms with Gasteiger partial charge in [-0.1, -0.05) is 68.0 Å². The van der Waals surface area contributed by atoms with E-state index in [9.17, 15) is 4.79 Å². The van der Waals surface area contributed by atoms with Crippen LogP contribution in [0, 0.1) is 12.8 Å². The van der Waals surface area contributed by atoms with Crippen molar-refractivity contribution in [1.29, 1.82) is 0 Å². The molecule has 1 heterocycles. The van der Waals surface area contributed by atoms with Crippen LogP contribution in [-0.4, -0.2) is 11.7 Å².